The molecule has 4 saturated carbocycles. The highest BCUT2D eigenvalue weighted by Crippen LogP contribution is 2.56. The molecule has 0 aromatic rings. The molecule has 11 atom stereocenters. The molecule has 11 unspecified atom stereocenters. The molecule has 0 aromatic carbocycles. The summed E-state index contributed by atoms with van der Waals surface area (Å²) in [5.41, 5.74) is 5.69. The summed E-state index contributed by atoms with van der Waals surface area (Å²) in [5.74, 6) is 7.57. The predicted octanol–water partition coefficient (Wildman–Crippen LogP) is 11.3. The second-order valence-corrected chi connectivity index (χ2v) is 18.9. The molecule has 0 spiro atoms. The van der Waals surface area contributed by atoms with E-state index in [2.05, 4.69) is 52.3 Å². The van der Waals surface area contributed by atoms with Gasteiger partial charge < -0.3 is 4.90 Å². The highest BCUT2D eigenvalue weighted by molar-refractivity contribution is 5.30. The second-order valence-electron chi connectivity index (χ2n) is 18.9. The summed E-state index contributed by atoms with van der Waals surface area (Å²) in [6.45, 7) is 0. The van der Waals surface area contributed by atoms with Crippen LogP contribution in [0.5, 0.6) is 0 Å². The van der Waals surface area contributed by atoms with Gasteiger partial charge in [-0.2, -0.15) is 0 Å². The van der Waals surface area contributed by atoms with Crippen LogP contribution in [0, 0.1) is 47.3 Å². The average Bonchev–Trinajstić information content (AvgIpc) is 3.67. The van der Waals surface area contributed by atoms with Gasteiger partial charge in [0.25, 0.3) is 0 Å². The van der Waals surface area contributed by atoms with Crippen molar-refractivity contribution in [1.29, 1.82) is 0 Å². The smallest absolute Gasteiger partial charge is 0.0356 e. The van der Waals surface area contributed by atoms with Crippen LogP contribution in [-0.4, -0.2) is 40.0 Å². The number of allylic oxidation sites excluding steroid dienone is 5. The van der Waals surface area contributed by atoms with Crippen LogP contribution in [0.3, 0.4) is 0 Å². The Morgan fingerprint density at radius 1 is 0.604 bits per heavy atom. The van der Waals surface area contributed by atoms with Gasteiger partial charge >= 0.3 is 0 Å². The Labute approximate surface area is 293 Å². The zero-order chi connectivity index (χ0) is 31.6. The molecular weight excluding hydrogens is 581 g/mol. The summed E-state index contributed by atoms with van der Waals surface area (Å²) in [5, 5.41) is 0. The van der Waals surface area contributed by atoms with Gasteiger partial charge in [-0.15, -0.1) is 0 Å². The monoisotopic (exact) mass is 647 g/mol. The first kappa shape index (κ1) is 31.2. The SMILES string of the molecule is C1=CC2C3CC(C4CCC(C5CCC6C(C5)C5=C(CCCC5)N6C5CC=CCC5)CC4)CCC3N(C3C=C4CCCCC4CC3)C2C=C1. The van der Waals surface area contributed by atoms with E-state index in [9.17, 15) is 0 Å². The van der Waals surface area contributed by atoms with E-state index in [4.69, 9.17) is 0 Å². The normalized spacial score (nSPS) is 47.2. The van der Waals surface area contributed by atoms with Crippen molar-refractivity contribution in [1.82, 2.24) is 9.80 Å². The number of likely N-dealkylation sites (tertiary alicyclic amines) is 1. The molecule has 2 heteroatoms. The van der Waals surface area contributed by atoms with Crippen LogP contribution >= 0.6 is 0 Å². The quantitative estimate of drug-likeness (QED) is 0.280. The van der Waals surface area contributed by atoms with E-state index in [-0.39, 0.29) is 0 Å². The lowest BCUT2D eigenvalue weighted by atomic mass is 9.62. The van der Waals surface area contributed by atoms with Gasteiger partial charge in [-0.3, -0.25) is 4.90 Å². The Kier molecular flexibility index (Phi) is 8.59. The number of rotatable bonds is 4. The lowest BCUT2D eigenvalue weighted by molar-refractivity contribution is 0.0542. The Morgan fingerprint density at radius 3 is 2.23 bits per heavy atom. The largest absolute Gasteiger partial charge is 0.368 e. The maximum Gasteiger partial charge on any atom is 0.0356 e. The van der Waals surface area contributed by atoms with Crippen LogP contribution in [-0.2, 0) is 0 Å². The minimum absolute atomic E-state index is 0.664. The molecule has 0 bridgehead atoms. The Hall–Kier alpha value is -1.54. The van der Waals surface area contributed by atoms with Crippen molar-refractivity contribution in [2.24, 2.45) is 47.3 Å². The summed E-state index contributed by atoms with van der Waals surface area (Å²) in [4.78, 5) is 6.16. The van der Waals surface area contributed by atoms with Crippen LogP contribution in [0.4, 0.5) is 0 Å². The number of hydrogen-bond donors (Lipinski definition) is 0. The summed E-state index contributed by atoms with van der Waals surface area (Å²) in [7, 11) is 0. The van der Waals surface area contributed by atoms with Crippen molar-refractivity contribution in [3.05, 3.63) is 59.4 Å². The van der Waals surface area contributed by atoms with E-state index >= 15 is 0 Å². The van der Waals surface area contributed by atoms with Crippen LogP contribution in [0.2, 0.25) is 0 Å². The van der Waals surface area contributed by atoms with E-state index in [1.165, 1.54) is 116 Å². The zero-order valence-electron chi connectivity index (χ0n) is 30.2. The molecule has 0 N–H and O–H groups in total. The maximum absolute atomic E-state index is 3.10. The number of nitrogens with zero attached hydrogens (tertiary/aromatic N) is 2. The minimum Gasteiger partial charge on any atom is -0.368 e. The highest BCUT2D eigenvalue weighted by Gasteiger charge is 2.53. The Balaban J connectivity index is 0.784. The third-order valence-electron chi connectivity index (χ3n) is 16.9. The Bertz CT molecular complexity index is 1340. The minimum atomic E-state index is 0.664. The second kappa shape index (κ2) is 13.2. The fourth-order valence-electron chi connectivity index (χ4n) is 14.8. The van der Waals surface area contributed by atoms with E-state index < -0.39 is 0 Å². The molecule has 1 saturated heterocycles. The van der Waals surface area contributed by atoms with Crippen molar-refractivity contribution in [2.45, 2.75) is 178 Å². The molecule has 5 fully saturated rings. The van der Waals surface area contributed by atoms with Crippen LogP contribution < -0.4 is 0 Å². The molecule has 8 aliphatic carbocycles. The first-order valence-corrected chi connectivity index (χ1v) is 21.8. The first-order valence-electron chi connectivity index (χ1n) is 21.8. The molecule has 0 aromatic heterocycles. The molecule has 260 valence electrons. The van der Waals surface area contributed by atoms with Gasteiger partial charge in [-0.05, 0) is 182 Å². The molecule has 0 radical (unpaired) electrons. The summed E-state index contributed by atoms with van der Waals surface area (Å²) in [6, 6.07) is 3.87. The molecule has 2 heterocycles. The van der Waals surface area contributed by atoms with Crippen molar-refractivity contribution in [3.63, 3.8) is 0 Å². The van der Waals surface area contributed by atoms with Crippen molar-refractivity contribution in [3.8, 4) is 0 Å². The van der Waals surface area contributed by atoms with E-state index in [0.29, 0.717) is 12.1 Å². The standard InChI is InChI=1S/C46H66N2/c1-2-12-37(13-3-1)47-43-16-8-6-14-39(43)41-29-35(23-26-45(41)47)32-18-20-33(21-19-32)36-24-27-46-42(30-36)40-15-7-9-17-44(40)48(46)38-25-22-31-10-4-5-11-34(31)28-38/h1-2,7,9,15,17,28,31-33,35-38,40-42,44-46H,3-6,8,10-14,16,18-27,29-30H2. The van der Waals surface area contributed by atoms with Gasteiger partial charge in [0.2, 0.25) is 0 Å². The van der Waals surface area contributed by atoms with Gasteiger partial charge in [-0.25, -0.2) is 0 Å². The maximum atomic E-state index is 3.10. The number of hydrogen-bond acceptors (Lipinski definition) is 2. The van der Waals surface area contributed by atoms with Crippen LogP contribution in [0.15, 0.2) is 59.4 Å². The lowest BCUT2D eigenvalue weighted by Gasteiger charge is -2.47. The number of fused-ring (bicyclic) bond motifs is 6. The van der Waals surface area contributed by atoms with Gasteiger partial charge in [0.05, 0.1) is 0 Å². The van der Waals surface area contributed by atoms with Gasteiger partial charge in [0.15, 0.2) is 0 Å². The summed E-state index contributed by atoms with van der Waals surface area (Å²) < 4.78 is 0. The van der Waals surface area contributed by atoms with E-state index in [1.807, 2.05) is 16.8 Å². The summed E-state index contributed by atoms with van der Waals surface area (Å²) >= 11 is 0. The average molecular weight is 647 g/mol. The molecule has 0 amide bonds. The van der Waals surface area contributed by atoms with Crippen molar-refractivity contribution < 1.29 is 0 Å². The fraction of sp³-hybridized carbons (Fsp3) is 0.783. The highest BCUT2D eigenvalue weighted by atomic mass is 15.3. The van der Waals surface area contributed by atoms with Crippen molar-refractivity contribution >= 4 is 0 Å². The third kappa shape index (κ3) is 5.42. The van der Waals surface area contributed by atoms with Gasteiger partial charge in [0.1, 0.15) is 0 Å². The zero-order valence-corrected chi connectivity index (χ0v) is 30.2. The summed E-state index contributed by atoms with van der Waals surface area (Å²) in [6.07, 6.45) is 51.5. The molecular formula is C46H66N2. The van der Waals surface area contributed by atoms with Crippen LogP contribution in [0.25, 0.3) is 0 Å². The first-order chi connectivity index (χ1) is 23.8. The topological polar surface area (TPSA) is 6.48 Å². The lowest BCUT2D eigenvalue weighted by Crippen LogP contribution is -2.47. The molecule has 10 aliphatic rings. The van der Waals surface area contributed by atoms with Crippen molar-refractivity contribution in [2.75, 3.05) is 0 Å². The molecule has 48 heavy (non-hydrogen) atoms. The predicted molar refractivity (Wildman–Crippen MR) is 199 cm³/mol. The van der Waals surface area contributed by atoms with Crippen LogP contribution in [0.1, 0.15) is 148 Å². The van der Waals surface area contributed by atoms with E-state index in [1.54, 1.807) is 32.1 Å². The van der Waals surface area contributed by atoms with E-state index in [0.717, 1.165) is 65.5 Å². The molecule has 2 nitrogen and oxygen atoms in total. The van der Waals surface area contributed by atoms with Gasteiger partial charge in [-0.1, -0.05) is 54.5 Å². The fourth-order valence-corrected chi connectivity index (χ4v) is 14.8. The molecule has 2 aliphatic heterocycles. The third-order valence-corrected chi connectivity index (χ3v) is 16.9. The Morgan fingerprint density at radius 2 is 1.38 bits per heavy atom. The van der Waals surface area contributed by atoms with Gasteiger partial charge in [0, 0.05) is 47.7 Å². The molecule has 10 rings (SSSR count).